The molecule has 9 nitrogen and oxygen atoms in total. The third kappa shape index (κ3) is 3.66. The number of nitrogens with zero attached hydrogens (tertiary/aromatic N) is 1. The summed E-state index contributed by atoms with van der Waals surface area (Å²) < 4.78 is 12.1. The molecule has 2 aliphatic heterocycles. The summed E-state index contributed by atoms with van der Waals surface area (Å²) in [5, 5.41) is 38.8. The van der Waals surface area contributed by atoms with E-state index < -0.39 is 49.2 Å². The maximum Gasteiger partial charge on any atom is 0.315 e. The molecule has 1 aromatic heterocycles. The summed E-state index contributed by atoms with van der Waals surface area (Å²) in [4.78, 5) is 25.4. The highest BCUT2D eigenvalue weighted by molar-refractivity contribution is 6.08. The van der Waals surface area contributed by atoms with Gasteiger partial charge in [0.2, 0.25) is 5.78 Å². The first-order chi connectivity index (χ1) is 14.4. The molecule has 0 amide bonds. The van der Waals surface area contributed by atoms with E-state index in [2.05, 4.69) is 0 Å². The van der Waals surface area contributed by atoms with E-state index in [9.17, 15) is 30.0 Å². The number of carbonyl (C=O) groups is 2. The number of rotatable bonds is 5. The van der Waals surface area contributed by atoms with Gasteiger partial charge in [0.15, 0.2) is 6.29 Å². The van der Waals surface area contributed by atoms with Crippen LogP contribution in [-0.2, 0) is 20.8 Å². The number of aliphatic hydroxyl groups excluding tert-OH is 4. The van der Waals surface area contributed by atoms with E-state index in [1.165, 1.54) is 0 Å². The predicted molar refractivity (Wildman–Crippen MR) is 102 cm³/mol. The first kappa shape index (κ1) is 20.7. The van der Waals surface area contributed by atoms with E-state index >= 15 is 0 Å². The molecule has 4 rings (SSSR count). The Morgan fingerprint density at radius 3 is 2.47 bits per heavy atom. The van der Waals surface area contributed by atoms with E-state index in [0.717, 1.165) is 0 Å². The zero-order chi connectivity index (χ0) is 21.4. The Bertz CT molecular complexity index is 926. The monoisotopic (exact) mass is 417 g/mol. The summed E-state index contributed by atoms with van der Waals surface area (Å²) in [6.07, 6.45) is -7.19. The molecular weight excluding hydrogens is 394 g/mol. The summed E-state index contributed by atoms with van der Waals surface area (Å²) in [6.45, 7) is 0.0933. The van der Waals surface area contributed by atoms with Crippen molar-refractivity contribution < 1.29 is 39.5 Å². The van der Waals surface area contributed by atoms with Crippen LogP contribution >= 0.6 is 0 Å². The Morgan fingerprint density at radius 1 is 1.00 bits per heavy atom. The number of aliphatic hydroxyl groups is 4. The summed E-state index contributed by atoms with van der Waals surface area (Å²) in [5.41, 5.74) is 1.73. The topological polar surface area (TPSA) is 138 Å². The second kappa shape index (κ2) is 8.29. The van der Waals surface area contributed by atoms with Crippen molar-refractivity contribution in [2.24, 2.45) is 0 Å². The van der Waals surface area contributed by atoms with Gasteiger partial charge in [-0.05, 0) is 18.6 Å². The van der Waals surface area contributed by atoms with E-state index in [0.29, 0.717) is 29.9 Å². The van der Waals surface area contributed by atoms with Crippen molar-refractivity contribution in [1.29, 1.82) is 0 Å². The fourth-order valence-corrected chi connectivity index (χ4v) is 3.95. The number of hydrogen-bond acceptors (Lipinski definition) is 8. The van der Waals surface area contributed by atoms with Gasteiger partial charge >= 0.3 is 5.97 Å². The molecule has 4 N–H and O–H groups in total. The van der Waals surface area contributed by atoms with Crippen molar-refractivity contribution in [3.05, 3.63) is 59.4 Å². The molecule has 0 bridgehead atoms. The van der Waals surface area contributed by atoms with Gasteiger partial charge in [-0.2, -0.15) is 0 Å². The largest absolute Gasteiger partial charge is 0.462 e. The zero-order valence-electron chi connectivity index (χ0n) is 16.0. The van der Waals surface area contributed by atoms with Crippen LogP contribution in [0.1, 0.15) is 34.1 Å². The van der Waals surface area contributed by atoms with Crippen LogP contribution in [-0.4, -0.2) is 74.1 Å². The minimum atomic E-state index is -1.69. The van der Waals surface area contributed by atoms with Gasteiger partial charge in [-0.25, -0.2) is 0 Å². The van der Waals surface area contributed by atoms with Gasteiger partial charge in [0.1, 0.15) is 31.0 Å². The van der Waals surface area contributed by atoms with Gasteiger partial charge in [-0.15, -0.1) is 0 Å². The number of fused-ring (bicyclic) bond motifs is 1. The highest BCUT2D eigenvalue weighted by Gasteiger charge is 2.44. The maximum atomic E-state index is 12.8. The van der Waals surface area contributed by atoms with Crippen LogP contribution in [0.4, 0.5) is 0 Å². The molecule has 1 fully saturated rings. The molecule has 2 aliphatic rings. The summed E-state index contributed by atoms with van der Waals surface area (Å²) in [5.74, 6) is -1.27. The lowest BCUT2D eigenvalue weighted by molar-refractivity contribution is -0.287. The molecule has 6 atom stereocenters. The maximum absolute atomic E-state index is 12.8. The van der Waals surface area contributed by atoms with Crippen molar-refractivity contribution in [1.82, 2.24) is 4.57 Å². The minimum absolute atomic E-state index is 0.129. The Morgan fingerprint density at radius 2 is 1.73 bits per heavy atom. The van der Waals surface area contributed by atoms with Crippen molar-refractivity contribution in [2.75, 3.05) is 6.61 Å². The van der Waals surface area contributed by atoms with Gasteiger partial charge < -0.3 is 34.5 Å². The number of esters is 1. The Hall–Kier alpha value is -2.56. The summed E-state index contributed by atoms with van der Waals surface area (Å²) >= 11 is 0. The SMILES string of the molecule is O=C(c1ccccc1)c1ccc2n1CC[C@@H]2C(=O)OCC1O[C@H](O)[C@@H](O)C(O)[C@H]1O. The molecule has 9 heteroatoms. The normalized spacial score (nSPS) is 30.7. The first-order valence-electron chi connectivity index (χ1n) is 9.72. The number of benzene rings is 1. The average molecular weight is 417 g/mol. The van der Waals surface area contributed by atoms with Crippen LogP contribution in [0.25, 0.3) is 0 Å². The van der Waals surface area contributed by atoms with Crippen LogP contribution < -0.4 is 0 Å². The van der Waals surface area contributed by atoms with Gasteiger partial charge in [0.05, 0.1) is 11.6 Å². The molecular formula is C21H23NO8. The van der Waals surface area contributed by atoms with Crippen molar-refractivity contribution >= 4 is 11.8 Å². The number of ketones is 1. The fourth-order valence-electron chi connectivity index (χ4n) is 3.95. The molecule has 3 heterocycles. The second-order valence-corrected chi connectivity index (χ2v) is 7.50. The van der Waals surface area contributed by atoms with Crippen LogP contribution in [0.15, 0.2) is 42.5 Å². The molecule has 2 unspecified atom stereocenters. The smallest absolute Gasteiger partial charge is 0.315 e. The highest BCUT2D eigenvalue weighted by Crippen LogP contribution is 2.32. The predicted octanol–water partition coefficient (Wildman–Crippen LogP) is -0.451. The van der Waals surface area contributed by atoms with E-state index in [1.54, 1.807) is 41.0 Å². The Kier molecular flexibility index (Phi) is 5.72. The lowest BCUT2D eigenvalue weighted by Gasteiger charge is -2.37. The lowest BCUT2D eigenvalue weighted by atomic mass is 9.99. The van der Waals surface area contributed by atoms with Crippen LogP contribution in [0, 0.1) is 0 Å². The third-order valence-corrected chi connectivity index (χ3v) is 5.64. The Balaban J connectivity index is 1.42. The number of aromatic nitrogens is 1. The summed E-state index contributed by atoms with van der Waals surface area (Å²) in [7, 11) is 0. The van der Waals surface area contributed by atoms with Crippen molar-refractivity contribution in [3.63, 3.8) is 0 Å². The molecule has 1 saturated heterocycles. The fraction of sp³-hybridized carbons (Fsp3) is 0.429. The van der Waals surface area contributed by atoms with Crippen LogP contribution in [0.5, 0.6) is 0 Å². The van der Waals surface area contributed by atoms with Crippen molar-refractivity contribution in [3.8, 4) is 0 Å². The van der Waals surface area contributed by atoms with Gasteiger partial charge in [0, 0.05) is 17.8 Å². The first-order valence-corrected chi connectivity index (χ1v) is 9.72. The molecule has 30 heavy (non-hydrogen) atoms. The zero-order valence-corrected chi connectivity index (χ0v) is 16.0. The van der Waals surface area contributed by atoms with Crippen LogP contribution in [0.2, 0.25) is 0 Å². The van der Waals surface area contributed by atoms with Gasteiger partial charge in [0.25, 0.3) is 0 Å². The summed E-state index contributed by atoms with van der Waals surface area (Å²) in [6, 6.07) is 12.3. The third-order valence-electron chi connectivity index (χ3n) is 5.64. The molecule has 1 aromatic carbocycles. The second-order valence-electron chi connectivity index (χ2n) is 7.50. The molecule has 0 spiro atoms. The molecule has 0 radical (unpaired) electrons. The highest BCUT2D eigenvalue weighted by atomic mass is 16.6. The van der Waals surface area contributed by atoms with Crippen LogP contribution in [0.3, 0.4) is 0 Å². The molecule has 0 aliphatic carbocycles. The quantitative estimate of drug-likeness (QED) is 0.379. The van der Waals surface area contributed by atoms with E-state index in [4.69, 9.17) is 9.47 Å². The molecule has 0 saturated carbocycles. The number of carbonyl (C=O) groups excluding carboxylic acids is 2. The van der Waals surface area contributed by atoms with E-state index in [1.807, 2.05) is 6.07 Å². The molecule has 160 valence electrons. The number of ether oxygens (including phenoxy) is 2. The average Bonchev–Trinajstić information content (AvgIpc) is 3.36. The van der Waals surface area contributed by atoms with Crippen molar-refractivity contribution in [2.45, 2.75) is 49.6 Å². The van der Waals surface area contributed by atoms with Gasteiger partial charge in [-0.1, -0.05) is 30.3 Å². The standard InChI is InChI=1S/C21H23NO8/c23-16(11-4-2-1-3-5-11)14-7-6-13-12(8-9-22(13)14)20(27)29-10-15-17(24)18(25)19(26)21(28)30-15/h1-7,12,15,17-19,21,24-26,28H,8-10H2/t12-,15?,17-,18?,19-,21-/m0/s1. The Labute approximate surface area is 172 Å². The van der Waals surface area contributed by atoms with Gasteiger partial charge in [-0.3, -0.25) is 9.59 Å². The minimum Gasteiger partial charge on any atom is -0.462 e. The number of hydrogen-bond donors (Lipinski definition) is 4. The molecule has 2 aromatic rings. The lowest BCUT2D eigenvalue weighted by Crippen LogP contribution is -2.58. The van der Waals surface area contributed by atoms with E-state index in [-0.39, 0.29) is 5.78 Å².